The van der Waals surface area contributed by atoms with Gasteiger partial charge in [-0.3, -0.25) is 19.9 Å². The van der Waals surface area contributed by atoms with Gasteiger partial charge in [0, 0.05) is 22.0 Å². The zero-order valence-electron chi connectivity index (χ0n) is 13.1. The molecule has 0 radical (unpaired) electrons. The van der Waals surface area contributed by atoms with E-state index in [0.29, 0.717) is 4.91 Å². The summed E-state index contributed by atoms with van der Waals surface area (Å²) in [4.78, 5) is 39.9. The first-order valence-corrected chi connectivity index (χ1v) is 9.12. The number of rotatable bonds is 3. The van der Waals surface area contributed by atoms with Crippen LogP contribution < -0.4 is 5.32 Å². The molecule has 0 spiro atoms. The van der Waals surface area contributed by atoms with Crippen molar-refractivity contribution in [3.05, 3.63) is 57.9 Å². The van der Waals surface area contributed by atoms with E-state index < -0.39 is 11.9 Å². The van der Waals surface area contributed by atoms with Gasteiger partial charge in [0.1, 0.15) is 4.88 Å². The number of thioether (sulfide) groups is 1. The number of fused-ring (bicyclic) bond motifs is 1. The number of benzene rings is 1. The van der Waals surface area contributed by atoms with Crippen LogP contribution in [0, 0.1) is 0 Å². The number of pyridine rings is 1. The van der Waals surface area contributed by atoms with Crippen LogP contribution in [-0.2, 0) is 4.79 Å². The van der Waals surface area contributed by atoms with Gasteiger partial charge < -0.3 is 5.11 Å². The van der Waals surface area contributed by atoms with Crippen LogP contribution in [0.5, 0.6) is 0 Å². The third-order valence-electron chi connectivity index (χ3n) is 3.79. The Morgan fingerprint density at radius 1 is 1.15 bits per heavy atom. The highest BCUT2D eigenvalue weighted by Crippen LogP contribution is 2.34. The van der Waals surface area contributed by atoms with E-state index in [1.165, 1.54) is 11.3 Å². The van der Waals surface area contributed by atoms with E-state index in [2.05, 4.69) is 10.3 Å². The molecule has 8 heteroatoms. The number of amides is 2. The van der Waals surface area contributed by atoms with Gasteiger partial charge in [0.25, 0.3) is 11.1 Å². The summed E-state index contributed by atoms with van der Waals surface area (Å²) in [5.74, 6) is -1.37. The lowest BCUT2D eigenvalue weighted by Gasteiger charge is -2.05. The molecule has 0 atom stereocenters. The maximum absolute atomic E-state index is 11.7. The third kappa shape index (κ3) is 3.00. The molecule has 4 rings (SSSR count). The zero-order valence-corrected chi connectivity index (χ0v) is 14.7. The average Bonchev–Trinajstić information content (AvgIpc) is 3.21. The van der Waals surface area contributed by atoms with E-state index in [-0.39, 0.29) is 10.1 Å². The molecular weight excluding hydrogens is 372 g/mol. The minimum absolute atomic E-state index is 0.265. The predicted octanol–water partition coefficient (Wildman–Crippen LogP) is 3.99. The molecule has 1 aliphatic rings. The summed E-state index contributed by atoms with van der Waals surface area (Å²) in [6, 6.07) is 10.7. The van der Waals surface area contributed by atoms with Crippen molar-refractivity contribution < 1.29 is 19.5 Å². The summed E-state index contributed by atoms with van der Waals surface area (Å²) < 4.78 is 0. The lowest BCUT2D eigenvalue weighted by atomic mass is 10.0. The zero-order chi connectivity index (χ0) is 18.3. The van der Waals surface area contributed by atoms with Gasteiger partial charge in [-0.15, -0.1) is 11.3 Å². The molecule has 1 aliphatic heterocycles. The molecule has 2 amide bonds. The molecule has 3 aromatic rings. The summed E-state index contributed by atoms with van der Waals surface area (Å²) in [6.45, 7) is 0. The Morgan fingerprint density at radius 2 is 2.00 bits per heavy atom. The fourth-order valence-electron chi connectivity index (χ4n) is 2.64. The van der Waals surface area contributed by atoms with Crippen molar-refractivity contribution in [2.45, 2.75) is 0 Å². The van der Waals surface area contributed by atoms with Crippen LogP contribution in [-0.4, -0.2) is 27.2 Å². The monoisotopic (exact) mass is 382 g/mol. The Labute approximate surface area is 155 Å². The SMILES string of the molecule is O=C1NC(=O)C(=Cc2ccc3nccc(-c4ccc(C(=O)O)s4)c3c2)S1. The summed E-state index contributed by atoms with van der Waals surface area (Å²) in [5.41, 5.74) is 2.39. The second-order valence-corrected chi connectivity index (χ2v) is 7.55. The molecule has 1 fully saturated rings. The number of carbonyl (C=O) groups excluding carboxylic acids is 2. The van der Waals surface area contributed by atoms with Crippen LogP contribution in [0.4, 0.5) is 4.79 Å². The number of hydrogen-bond donors (Lipinski definition) is 2. The summed E-state index contributed by atoms with van der Waals surface area (Å²) >= 11 is 2.06. The Hall–Kier alpha value is -2.97. The van der Waals surface area contributed by atoms with Crippen LogP contribution in [0.3, 0.4) is 0 Å². The number of carboxylic acids is 1. The number of imide groups is 1. The second-order valence-electron chi connectivity index (χ2n) is 5.46. The number of hydrogen-bond acceptors (Lipinski definition) is 6. The predicted molar refractivity (Wildman–Crippen MR) is 101 cm³/mol. The number of aromatic carboxylic acids is 1. The molecule has 3 heterocycles. The average molecular weight is 382 g/mol. The highest BCUT2D eigenvalue weighted by molar-refractivity contribution is 8.18. The Kier molecular flexibility index (Phi) is 4.06. The topological polar surface area (TPSA) is 96.4 Å². The van der Waals surface area contributed by atoms with Crippen LogP contribution in [0.2, 0.25) is 0 Å². The first-order valence-electron chi connectivity index (χ1n) is 7.48. The molecule has 0 aliphatic carbocycles. The van der Waals surface area contributed by atoms with Crippen molar-refractivity contribution in [1.82, 2.24) is 10.3 Å². The van der Waals surface area contributed by atoms with Gasteiger partial charge in [0.2, 0.25) is 0 Å². The summed E-state index contributed by atoms with van der Waals surface area (Å²) in [6.07, 6.45) is 3.33. The number of nitrogens with zero attached hydrogens (tertiary/aromatic N) is 1. The van der Waals surface area contributed by atoms with E-state index in [1.54, 1.807) is 24.4 Å². The smallest absolute Gasteiger partial charge is 0.345 e. The number of aromatic nitrogens is 1. The van der Waals surface area contributed by atoms with E-state index >= 15 is 0 Å². The third-order valence-corrected chi connectivity index (χ3v) is 5.70. The molecule has 2 N–H and O–H groups in total. The van der Waals surface area contributed by atoms with Crippen molar-refractivity contribution in [3.8, 4) is 10.4 Å². The van der Waals surface area contributed by atoms with Crippen LogP contribution in [0.15, 0.2) is 47.5 Å². The molecule has 1 saturated heterocycles. The molecule has 6 nitrogen and oxygen atoms in total. The first kappa shape index (κ1) is 16.5. The van der Waals surface area contributed by atoms with Gasteiger partial charge in [-0.1, -0.05) is 6.07 Å². The molecule has 128 valence electrons. The van der Waals surface area contributed by atoms with Gasteiger partial charge in [0.15, 0.2) is 0 Å². The molecule has 0 saturated carbocycles. The minimum atomic E-state index is -0.959. The summed E-state index contributed by atoms with van der Waals surface area (Å²) in [7, 11) is 0. The number of thiophene rings is 1. The standard InChI is InChI=1S/C18H10N2O4S2/c21-16-15(26-18(24)20-16)8-9-1-2-12-11(7-9)10(5-6-19-12)13-3-4-14(25-13)17(22)23/h1-8H,(H,22,23)(H,20,21,24). The van der Waals surface area contributed by atoms with Crippen LogP contribution >= 0.6 is 23.1 Å². The van der Waals surface area contributed by atoms with Gasteiger partial charge in [-0.05, 0) is 53.7 Å². The number of carboxylic acid groups (broad SMARTS) is 1. The maximum atomic E-state index is 11.7. The molecule has 0 unspecified atom stereocenters. The second kappa shape index (κ2) is 6.40. The quantitative estimate of drug-likeness (QED) is 0.665. The van der Waals surface area contributed by atoms with Crippen LogP contribution in [0.25, 0.3) is 27.4 Å². The van der Waals surface area contributed by atoms with Crippen LogP contribution in [0.1, 0.15) is 15.2 Å². The molecule has 26 heavy (non-hydrogen) atoms. The fraction of sp³-hybridized carbons (Fsp3) is 0. The van der Waals surface area contributed by atoms with E-state index in [1.807, 2.05) is 24.3 Å². The minimum Gasteiger partial charge on any atom is -0.477 e. The van der Waals surface area contributed by atoms with Gasteiger partial charge >= 0.3 is 5.97 Å². The lowest BCUT2D eigenvalue weighted by molar-refractivity contribution is -0.115. The van der Waals surface area contributed by atoms with E-state index in [9.17, 15) is 14.4 Å². The summed E-state index contributed by atoms with van der Waals surface area (Å²) in [5, 5.41) is 11.8. The normalized spacial score (nSPS) is 15.6. The number of nitrogens with one attached hydrogen (secondary N) is 1. The molecule has 2 aromatic heterocycles. The fourth-order valence-corrected chi connectivity index (χ4v) is 4.21. The van der Waals surface area contributed by atoms with Crippen molar-refractivity contribution >= 4 is 57.2 Å². The van der Waals surface area contributed by atoms with Crippen molar-refractivity contribution in [3.63, 3.8) is 0 Å². The lowest BCUT2D eigenvalue weighted by Crippen LogP contribution is -2.17. The number of carbonyl (C=O) groups is 3. The van der Waals surface area contributed by atoms with Crippen molar-refractivity contribution in [1.29, 1.82) is 0 Å². The Morgan fingerprint density at radius 3 is 2.69 bits per heavy atom. The molecule has 1 aromatic carbocycles. The van der Waals surface area contributed by atoms with Crippen molar-refractivity contribution in [2.75, 3.05) is 0 Å². The van der Waals surface area contributed by atoms with Gasteiger partial charge in [-0.2, -0.15) is 0 Å². The van der Waals surface area contributed by atoms with Gasteiger partial charge in [0.05, 0.1) is 10.4 Å². The van der Waals surface area contributed by atoms with E-state index in [0.717, 1.165) is 38.7 Å². The van der Waals surface area contributed by atoms with Crippen molar-refractivity contribution in [2.24, 2.45) is 0 Å². The van der Waals surface area contributed by atoms with Gasteiger partial charge in [-0.25, -0.2) is 4.79 Å². The van der Waals surface area contributed by atoms with E-state index in [4.69, 9.17) is 5.11 Å². The largest absolute Gasteiger partial charge is 0.477 e. The maximum Gasteiger partial charge on any atom is 0.345 e. The highest BCUT2D eigenvalue weighted by Gasteiger charge is 2.25. The Bertz CT molecular complexity index is 1120. The molecular formula is C18H10N2O4S2. The Balaban J connectivity index is 1.82. The highest BCUT2D eigenvalue weighted by atomic mass is 32.2. The molecule has 0 bridgehead atoms. The first-order chi connectivity index (χ1) is 12.5.